The topological polar surface area (TPSA) is 86.8 Å². The molecule has 0 aliphatic rings. The van der Waals surface area contributed by atoms with Crippen molar-refractivity contribution >= 4 is 62.3 Å². The van der Waals surface area contributed by atoms with Crippen LogP contribution in [0.1, 0.15) is 45.2 Å². The van der Waals surface area contributed by atoms with E-state index in [1.165, 1.54) is 4.90 Å². The van der Waals surface area contributed by atoms with Gasteiger partial charge in [0, 0.05) is 17.1 Å². The maximum Gasteiger partial charge on any atom is 0.244 e. The van der Waals surface area contributed by atoms with Gasteiger partial charge in [-0.3, -0.25) is 13.9 Å². The van der Waals surface area contributed by atoms with E-state index in [-0.39, 0.29) is 12.5 Å². The third-order valence-electron chi connectivity index (χ3n) is 5.33. The Labute approximate surface area is 228 Å². The molecule has 2 amide bonds. The van der Waals surface area contributed by atoms with E-state index in [0.717, 1.165) is 10.6 Å². The fraction of sp³-hybridized carbons (Fsp3) is 0.440. The summed E-state index contributed by atoms with van der Waals surface area (Å²) >= 11 is 18.3. The van der Waals surface area contributed by atoms with Gasteiger partial charge in [0.15, 0.2) is 0 Å². The van der Waals surface area contributed by atoms with Gasteiger partial charge in [-0.15, -0.1) is 0 Å². The lowest BCUT2D eigenvalue weighted by Gasteiger charge is -2.34. The molecule has 1 N–H and O–H groups in total. The molecule has 0 aliphatic carbocycles. The van der Waals surface area contributed by atoms with Gasteiger partial charge >= 0.3 is 0 Å². The Morgan fingerprint density at radius 3 is 2.17 bits per heavy atom. The van der Waals surface area contributed by atoms with Gasteiger partial charge in [-0.2, -0.15) is 0 Å². The monoisotopic (exact) mass is 575 g/mol. The van der Waals surface area contributed by atoms with Crippen LogP contribution in [0.3, 0.4) is 0 Å². The minimum Gasteiger partial charge on any atom is -0.350 e. The zero-order valence-electron chi connectivity index (χ0n) is 21.2. The van der Waals surface area contributed by atoms with Crippen molar-refractivity contribution in [3.05, 3.63) is 62.6 Å². The van der Waals surface area contributed by atoms with Crippen LogP contribution < -0.4 is 9.62 Å². The molecule has 11 heteroatoms. The van der Waals surface area contributed by atoms with Gasteiger partial charge in [0.2, 0.25) is 21.8 Å². The number of sulfonamides is 1. The summed E-state index contributed by atoms with van der Waals surface area (Å²) in [6, 6.07) is 8.83. The SMILES string of the molecule is CCC(C(=O)NC(C)(C)C)N(Cc1ccc(Cl)c(Cl)c1)C(=O)CN(c1ccc(Cl)cc1C)S(C)(=O)=O. The molecule has 7 nitrogen and oxygen atoms in total. The van der Waals surface area contributed by atoms with E-state index in [9.17, 15) is 18.0 Å². The average Bonchev–Trinajstić information content (AvgIpc) is 2.72. The summed E-state index contributed by atoms with van der Waals surface area (Å²) in [7, 11) is -3.84. The molecule has 0 saturated carbocycles. The van der Waals surface area contributed by atoms with Gasteiger partial charge in [-0.1, -0.05) is 47.8 Å². The lowest BCUT2D eigenvalue weighted by atomic mass is 10.1. The fourth-order valence-electron chi connectivity index (χ4n) is 3.70. The van der Waals surface area contributed by atoms with Crippen LogP contribution >= 0.6 is 34.8 Å². The van der Waals surface area contributed by atoms with Crippen LogP contribution in [-0.2, 0) is 26.2 Å². The fourth-order valence-corrected chi connectivity index (χ4v) is 5.15. The molecule has 0 aromatic heterocycles. The summed E-state index contributed by atoms with van der Waals surface area (Å²) in [5.74, 6) is -0.885. The number of carbonyl (C=O) groups excluding carboxylic acids is 2. The van der Waals surface area contributed by atoms with Crippen LogP contribution in [-0.4, -0.2) is 49.5 Å². The van der Waals surface area contributed by atoms with Gasteiger partial charge in [-0.25, -0.2) is 8.42 Å². The van der Waals surface area contributed by atoms with Crippen LogP contribution in [0.2, 0.25) is 15.1 Å². The van der Waals surface area contributed by atoms with Gasteiger partial charge in [0.1, 0.15) is 12.6 Å². The molecule has 2 rings (SSSR count). The Morgan fingerprint density at radius 1 is 1.03 bits per heavy atom. The molecule has 1 atom stereocenters. The predicted octanol–water partition coefficient (Wildman–Crippen LogP) is 5.44. The standard InChI is InChI=1S/C25H32Cl3N3O4S/c1-7-21(24(33)29-25(3,4)5)30(14-17-8-10-19(27)20(28)13-17)23(32)15-31(36(6,34)35)22-11-9-18(26)12-16(22)2/h8-13,21H,7,14-15H2,1-6H3,(H,29,33). The first-order valence-electron chi connectivity index (χ1n) is 11.3. The summed E-state index contributed by atoms with van der Waals surface area (Å²) in [5, 5.41) is 4.03. The molecule has 1 unspecified atom stereocenters. The van der Waals surface area contributed by atoms with Crippen LogP contribution in [0.15, 0.2) is 36.4 Å². The second-order valence-corrected chi connectivity index (χ2v) is 12.8. The van der Waals surface area contributed by atoms with Crippen molar-refractivity contribution in [1.29, 1.82) is 0 Å². The molecule has 198 valence electrons. The van der Waals surface area contributed by atoms with Crippen molar-refractivity contribution < 1.29 is 18.0 Å². The summed E-state index contributed by atoms with van der Waals surface area (Å²) in [6.07, 6.45) is 1.34. The zero-order chi connectivity index (χ0) is 27.4. The van der Waals surface area contributed by atoms with E-state index >= 15 is 0 Å². The van der Waals surface area contributed by atoms with E-state index in [1.807, 2.05) is 20.8 Å². The molecule has 2 aromatic carbocycles. The Kier molecular flexibility index (Phi) is 10.1. The zero-order valence-corrected chi connectivity index (χ0v) is 24.3. The third-order valence-corrected chi connectivity index (χ3v) is 7.43. The first kappa shape index (κ1) is 30.2. The number of anilines is 1. The molecule has 0 bridgehead atoms. The Bertz CT molecular complexity index is 1230. The Hall–Kier alpha value is -2.00. The van der Waals surface area contributed by atoms with Crippen molar-refractivity contribution in [2.45, 2.75) is 59.2 Å². The summed E-state index contributed by atoms with van der Waals surface area (Å²) in [6.45, 7) is 8.57. The van der Waals surface area contributed by atoms with E-state index in [1.54, 1.807) is 50.2 Å². The quantitative estimate of drug-likeness (QED) is 0.430. The van der Waals surface area contributed by atoms with Crippen LogP contribution in [0.4, 0.5) is 5.69 Å². The molecule has 2 aromatic rings. The minimum absolute atomic E-state index is 0.0307. The second kappa shape index (κ2) is 12.0. The van der Waals surface area contributed by atoms with E-state index in [4.69, 9.17) is 34.8 Å². The molecular weight excluding hydrogens is 545 g/mol. The number of halogens is 3. The largest absolute Gasteiger partial charge is 0.350 e. The van der Waals surface area contributed by atoms with Crippen molar-refractivity contribution in [3.8, 4) is 0 Å². The number of amides is 2. The third kappa shape index (κ3) is 8.26. The van der Waals surface area contributed by atoms with Gasteiger partial charge < -0.3 is 10.2 Å². The van der Waals surface area contributed by atoms with Crippen molar-refractivity contribution in [1.82, 2.24) is 10.2 Å². The molecule has 0 spiro atoms. The second-order valence-electron chi connectivity index (χ2n) is 9.63. The highest BCUT2D eigenvalue weighted by Crippen LogP contribution is 2.27. The van der Waals surface area contributed by atoms with Gasteiger partial charge in [0.05, 0.1) is 22.0 Å². The first-order valence-corrected chi connectivity index (χ1v) is 14.3. The molecule has 0 aliphatic heterocycles. The molecule has 0 radical (unpaired) electrons. The molecule has 0 heterocycles. The minimum atomic E-state index is -3.84. The van der Waals surface area contributed by atoms with Crippen LogP contribution in [0.5, 0.6) is 0 Å². The Morgan fingerprint density at radius 2 is 1.67 bits per heavy atom. The van der Waals surface area contributed by atoms with Gasteiger partial charge in [0.25, 0.3) is 0 Å². The highest BCUT2D eigenvalue weighted by atomic mass is 35.5. The lowest BCUT2D eigenvalue weighted by Crippen LogP contribution is -2.55. The highest BCUT2D eigenvalue weighted by Gasteiger charge is 2.33. The van der Waals surface area contributed by atoms with Gasteiger partial charge in [-0.05, 0) is 75.6 Å². The van der Waals surface area contributed by atoms with Crippen molar-refractivity contribution in [2.24, 2.45) is 0 Å². The number of benzene rings is 2. The number of nitrogens with one attached hydrogen (secondary N) is 1. The number of rotatable bonds is 9. The van der Waals surface area contributed by atoms with Crippen LogP contribution in [0.25, 0.3) is 0 Å². The Balaban J connectivity index is 2.52. The molecule has 0 fully saturated rings. The lowest BCUT2D eigenvalue weighted by molar-refractivity contribution is -0.141. The average molecular weight is 577 g/mol. The van der Waals surface area contributed by atoms with Crippen LogP contribution in [0, 0.1) is 6.92 Å². The highest BCUT2D eigenvalue weighted by molar-refractivity contribution is 7.92. The molecule has 0 saturated heterocycles. The first-order chi connectivity index (χ1) is 16.5. The number of aryl methyl sites for hydroxylation is 1. The predicted molar refractivity (Wildman–Crippen MR) is 147 cm³/mol. The van der Waals surface area contributed by atoms with E-state index in [2.05, 4.69) is 5.32 Å². The van der Waals surface area contributed by atoms with E-state index in [0.29, 0.717) is 38.3 Å². The maximum atomic E-state index is 13.7. The van der Waals surface area contributed by atoms with E-state index < -0.39 is 34.1 Å². The normalized spacial score (nSPS) is 12.7. The smallest absolute Gasteiger partial charge is 0.244 e. The maximum absolute atomic E-state index is 13.7. The molecular formula is C25H32Cl3N3O4S. The summed E-state index contributed by atoms with van der Waals surface area (Å²) in [4.78, 5) is 28.3. The number of hydrogen-bond acceptors (Lipinski definition) is 4. The number of hydrogen-bond donors (Lipinski definition) is 1. The summed E-state index contributed by atoms with van der Waals surface area (Å²) in [5.41, 5.74) is 1.04. The number of carbonyl (C=O) groups is 2. The van der Waals surface area contributed by atoms with Crippen molar-refractivity contribution in [2.75, 3.05) is 17.1 Å². The summed E-state index contributed by atoms with van der Waals surface area (Å²) < 4.78 is 26.5. The molecule has 36 heavy (non-hydrogen) atoms. The van der Waals surface area contributed by atoms with Crippen molar-refractivity contribution in [3.63, 3.8) is 0 Å². The number of nitrogens with zero attached hydrogens (tertiary/aromatic N) is 2.